The van der Waals surface area contributed by atoms with Crippen molar-refractivity contribution in [3.05, 3.63) is 74.0 Å². The van der Waals surface area contributed by atoms with Gasteiger partial charge in [-0.3, -0.25) is 0 Å². The predicted molar refractivity (Wildman–Crippen MR) is 154 cm³/mol. The zero-order valence-corrected chi connectivity index (χ0v) is 23.2. The highest BCUT2D eigenvalue weighted by atomic mass is 32.3. The number of hydrogen-bond donors (Lipinski definition) is 0. The summed E-state index contributed by atoms with van der Waals surface area (Å²) in [7, 11) is 0. The van der Waals surface area contributed by atoms with E-state index in [1.54, 1.807) is 47.0 Å². The van der Waals surface area contributed by atoms with E-state index >= 15 is 0 Å². The van der Waals surface area contributed by atoms with E-state index in [9.17, 15) is 0 Å². The number of thioether (sulfide) groups is 8. The normalized spacial score (nSPS) is 19.1. The average molecular weight is 585 g/mol. The molecule has 0 aliphatic carbocycles. The summed E-state index contributed by atoms with van der Waals surface area (Å²) < 4.78 is 7.97. The molecule has 0 N–H and O–H groups in total. The third kappa shape index (κ3) is 3.56. The van der Waals surface area contributed by atoms with Crippen LogP contribution >= 0.6 is 94.1 Å². The van der Waals surface area contributed by atoms with Crippen LogP contribution in [0.25, 0.3) is 22.1 Å². The third-order valence-corrected chi connectivity index (χ3v) is 16.4. The molecule has 0 saturated heterocycles. The van der Waals surface area contributed by atoms with E-state index in [0.29, 0.717) is 0 Å². The van der Waals surface area contributed by atoms with Crippen LogP contribution in [0.2, 0.25) is 0 Å². The number of fused-ring (bicyclic) bond motifs is 4. The fourth-order valence-corrected chi connectivity index (χ4v) is 15.1. The van der Waals surface area contributed by atoms with Gasteiger partial charge in [-0.05, 0) is 24.3 Å². The summed E-state index contributed by atoms with van der Waals surface area (Å²) in [6.45, 7) is 0. The largest absolute Gasteiger partial charge is 0.237 e. The van der Waals surface area contributed by atoms with Crippen molar-refractivity contribution in [3.63, 3.8) is 0 Å². The van der Waals surface area contributed by atoms with Crippen LogP contribution in [-0.2, 0) is 0 Å². The summed E-state index contributed by atoms with van der Waals surface area (Å²) in [5, 5.41) is 4.04. The van der Waals surface area contributed by atoms with E-state index < -0.39 is 0 Å². The van der Waals surface area contributed by atoms with Crippen LogP contribution in [0, 0.1) is 0 Å². The van der Waals surface area contributed by atoms with E-state index in [2.05, 4.69) is 0 Å². The fraction of sp³-hybridized carbons (Fsp3) is 0. The van der Waals surface area contributed by atoms with Gasteiger partial charge in [0.05, 0.1) is 47.5 Å². The molecule has 0 atom stereocenters. The monoisotopic (exact) mass is 584 g/mol. The minimum atomic E-state index is 0.954. The first kappa shape index (κ1) is 21.2. The Labute approximate surface area is 228 Å². The van der Waals surface area contributed by atoms with Gasteiger partial charge in [-0.1, -0.05) is 118 Å². The molecule has 4 aliphatic heterocycles. The van der Waals surface area contributed by atoms with Crippen LogP contribution in [0.3, 0.4) is 0 Å². The van der Waals surface area contributed by atoms with E-state index in [1.807, 2.05) is 95.6 Å². The maximum Gasteiger partial charge on any atom is 0.135 e. The Morgan fingerprint density at radius 3 is 0.824 bits per heavy atom. The highest BCUT2D eigenvalue weighted by Crippen LogP contribution is 2.70. The number of nitrogens with zero attached hydrogens (tertiary/aromatic N) is 4. The van der Waals surface area contributed by atoms with E-state index in [0.717, 1.165) is 42.2 Å². The molecular weight excluding hydrogens is 577 g/mol. The maximum absolute atomic E-state index is 4.87. The Balaban J connectivity index is 1.06. The number of benzene rings is 2. The lowest BCUT2D eigenvalue weighted by atomic mass is 10.3. The molecule has 0 spiro atoms. The molecule has 0 amide bonds. The van der Waals surface area contributed by atoms with Gasteiger partial charge < -0.3 is 0 Å². The van der Waals surface area contributed by atoms with Gasteiger partial charge >= 0.3 is 0 Å². The van der Waals surface area contributed by atoms with Gasteiger partial charge in [-0.15, -0.1) is 0 Å². The molecule has 12 heteroatoms. The molecule has 6 heterocycles. The van der Waals surface area contributed by atoms with Crippen LogP contribution in [0.1, 0.15) is 0 Å². The zero-order valence-electron chi connectivity index (χ0n) is 16.7. The van der Waals surface area contributed by atoms with Crippen LogP contribution in [-0.4, -0.2) is 19.9 Å². The third-order valence-electron chi connectivity index (χ3n) is 5.02. The van der Waals surface area contributed by atoms with Crippen molar-refractivity contribution in [3.8, 4) is 0 Å². The lowest BCUT2D eigenvalue weighted by Gasteiger charge is -2.14. The van der Waals surface area contributed by atoms with Crippen molar-refractivity contribution < 1.29 is 0 Å². The Bertz CT molecular complexity index is 1440. The topological polar surface area (TPSA) is 51.6 Å². The van der Waals surface area contributed by atoms with Crippen molar-refractivity contribution in [1.29, 1.82) is 0 Å². The van der Waals surface area contributed by atoms with Gasteiger partial charge in [0.25, 0.3) is 0 Å². The maximum atomic E-state index is 4.87. The van der Waals surface area contributed by atoms with Crippen LogP contribution in [0.15, 0.2) is 94.1 Å². The Morgan fingerprint density at radius 2 is 0.559 bits per heavy atom. The molecule has 4 aromatic rings. The Kier molecular flexibility index (Phi) is 5.21. The Morgan fingerprint density at radius 1 is 0.324 bits per heavy atom. The number of hydrogen-bond acceptors (Lipinski definition) is 12. The Hall–Kier alpha value is -0.860. The van der Waals surface area contributed by atoms with Crippen molar-refractivity contribution in [1.82, 2.24) is 19.9 Å². The van der Waals surface area contributed by atoms with E-state index in [-0.39, 0.29) is 0 Å². The standard InChI is InChI=1S/C22H8N4S8/c1-2-6-10-9(5-1)23-13-14(24-10)28-18-17(27-13)31-21(32-18)22-33-19-20(34-22)30-16-15(29-19)25-11-7-3-4-8-12(11)26-16/h1-8H. The molecule has 4 nitrogen and oxygen atoms in total. The molecule has 34 heavy (non-hydrogen) atoms. The SMILES string of the molecule is c1ccc2nc3c(nc2c1)SC1=C(SC(=C2SC4=C(S2)Sc2nc5ccccc5nc2S4)S1)S3. The highest BCUT2D eigenvalue weighted by Gasteiger charge is 2.36. The predicted octanol–water partition coefficient (Wildman–Crippen LogP) is 9.01. The van der Waals surface area contributed by atoms with Crippen molar-refractivity contribution in [2.45, 2.75) is 20.1 Å². The van der Waals surface area contributed by atoms with Gasteiger partial charge in [-0.25, -0.2) is 19.9 Å². The minimum absolute atomic E-state index is 0.954. The summed E-state index contributed by atoms with van der Waals surface area (Å²) in [5.41, 5.74) is 3.81. The summed E-state index contributed by atoms with van der Waals surface area (Å²) in [6, 6.07) is 16.2. The summed E-state index contributed by atoms with van der Waals surface area (Å²) >= 11 is 14.5. The summed E-state index contributed by atoms with van der Waals surface area (Å²) in [4.78, 5) is 19.5. The van der Waals surface area contributed by atoms with Gasteiger partial charge in [0.2, 0.25) is 0 Å². The molecule has 0 unspecified atom stereocenters. The first-order valence-electron chi connectivity index (χ1n) is 9.96. The van der Waals surface area contributed by atoms with Gasteiger partial charge in [0.1, 0.15) is 20.1 Å². The molecule has 0 bridgehead atoms. The molecule has 164 valence electrons. The molecule has 0 fully saturated rings. The first-order chi connectivity index (χ1) is 16.8. The van der Waals surface area contributed by atoms with Crippen LogP contribution in [0.5, 0.6) is 0 Å². The second kappa shape index (κ2) is 8.34. The zero-order chi connectivity index (χ0) is 22.2. The summed E-state index contributed by atoms with van der Waals surface area (Å²) in [6.07, 6.45) is 0. The van der Waals surface area contributed by atoms with Crippen molar-refractivity contribution in [2.24, 2.45) is 0 Å². The second-order valence-corrected chi connectivity index (χ2v) is 16.8. The number of para-hydroxylation sites is 4. The van der Waals surface area contributed by atoms with Crippen molar-refractivity contribution in [2.75, 3.05) is 0 Å². The minimum Gasteiger partial charge on any atom is -0.237 e. The second-order valence-electron chi connectivity index (χ2n) is 7.19. The molecular formula is C22H8N4S8. The van der Waals surface area contributed by atoms with Gasteiger partial charge in [0, 0.05) is 0 Å². The molecule has 8 rings (SSSR count). The van der Waals surface area contributed by atoms with E-state index in [1.165, 1.54) is 25.4 Å². The molecule has 0 saturated carbocycles. The molecule has 4 aliphatic rings. The molecule has 2 aromatic heterocycles. The quantitative estimate of drug-likeness (QED) is 0.198. The molecule has 0 radical (unpaired) electrons. The molecule has 2 aromatic carbocycles. The summed E-state index contributed by atoms with van der Waals surface area (Å²) in [5.74, 6) is 0. The average Bonchev–Trinajstić information content (AvgIpc) is 3.46. The lowest BCUT2D eigenvalue weighted by molar-refractivity contribution is 0.974. The van der Waals surface area contributed by atoms with Crippen molar-refractivity contribution >= 4 is 116 Å². The van der Waals surface area contributed by atoms with Crippen LogP contribution < -0.4 is 0 Å². The smallest absolute Gasteiger partial charge is 0.135 e. The number of rotatable bonds is 0. The number of aromatic nitrogens is 4. The lowest BCUT2D eigenvalue weighted by Crippen LogP contribution is -1.94. The van der Waals surface area contributed by atoms with E-state index in [4.69, 9.17) is 19.9 Å². The van der Waals surface area contributed by atoms with Gasteiger partial charge in [0.15, 0.2) is 0 Å². The fourth-order valence-electron chi connectivity index (χ4n) is 3.51. The van der Waals surface area contributed by atoms with Crippen LogP contribution in [0.4, 0.5) is 0 Å². The first-order valence-corrected chi connectivity index (χ1v) is 16.5. The highest BCUT2D eigenvalue weighted by molar-refractivity contribution is 8.45. The van der Waals surface area contributed by atoms with Gasteiger partial charge in [-0.2, -0.15) is 0 Å².